The van der Waals surface area contributed by atoms with Crippen LogP contribution in [0.5, 0.6) is 5.88 Å². The molecule has 0 aromatic carbocycles. The van der Waals surface area contributed by atoms with E-state index in [0.29, 0.717) is 31.2 Å². The first kappa shape index (κ1) is 11.9. The van der Waals surface area contributed by atoms with E-state index in [1.165, 1.54) is 7.11 Å². The van der Waals surface area contributed by atoms with Crippen molar-refractivity contribution in [2.24, 2.45) is 5.41 Å². The third-order valence-electron chi connectivity index (χ3n) is 2.79. The second-order valence-corrected chi connectivity index (χ2v) is 4.55. The fourth-order valence-corrected chi connectivity index (χ4v) is 1.67. The first-order valence-corrected chi connectivity index (χ1v) is 5.50. The number of hydrogen-bond donors (Lipinski definition) is 1. The Bertz CT molecular complexity index is 416. The fourth-order valence-electron chi connectivity index (χ4n) is 1.67. The molecule has 2 heterocycles. The Kier molecular flexibility index (Phi) is 3.28. The summed E-state index contributed by atoms with van der Waals surface area (Å²) in [7, 11) is 1.50. The van der Waals surface area contributed by atoms with Crippen LogP contribution < -0.4 is 10.1 Å². The molecule has 0 saturated carbocycles. The summed E-state index contributed by atoms with van der Waals surface area (Å²) in [6.45, 7) is 4.07. The summed E-state index contributed by atoms with van der Waals surface area (Å²) < 4.78 is 10.2. The Hall–Kier alpha value is -1.62. The number of aromatic nitrogens is 1. The zero-order valence-corrected chi connectivity index (χ0v) is 10.0. The standard InChI is InChI=1S/C12H16N2O3/c1-12(7-17-8-12)6-14-10(15)9-4-3-5-13-11(9)16-2/h3-5H,6-8H2,1-2H3,(H,14,15). The van der Waals surface area contributed by atoms with Gasteiger partial charge in [-0.2, -0.15) is 0 Å². The smallest absolute Gasteiger partial charge is 0.256 e. The van der Waals surface area contributed by atoms with Crippen molar-refractivity contribution >= 4 is 5.91 Å². The van der Waals surface area contributed by atoms with Crippen LogP contribution in [0.15, 0.2) is 18.3 Å². The van der Waals surface area contributed by atoms with E-state index in [2.05, 4.69) is 17.2 Å². The van der Waals surface area contributed by atoms with E-state index in [9.17, 15) is 4.79 Å². The summed E-state index contributed by atoms with van der Waals surface area (Å²) in [5.74, 6) is 0.183. The minimum Gasteiger partial charge on any atom is -0.480 e. The highest BCUT2D eigenvalue weighted by atomic mass is 16.5. The molecule has 0 spiro atoms. The van der Waals surface area contributed by atoms with Crippen molar-refractivity contribution in [1.29, 1.82) is 0 Å². The highest BCUT2D eigenvalue weighted by Crippen LogP contribution is 2.25. The molecule has 1 aromatic rings. The van der Waals surface area contributed by atoms with Gasteiger partial charge < -0.3 is 14.8 Å². The van der Waals surface area contributed by atoms with E-state index >= 15 is 0 Å². The Morgan fingerprint density at radius 1 is 1.65 bits per heavy atom. The molecule has 1 aliphatic heterocycles. The molecule has 1 fully saturated rings. The number of amides is 1. The topological polar surface area (TPSA) is 60.5 Å². The van der Waals surface area contributed by atoms with E-state index in [1.54, 1.807) is 18.3 Å². The van der Waals surface area contributed by atoms with E-state index in [-0.39, 0.29) is 11.3 Å². The van der Waals surface area contributed by atoms with Gasteiger partial charge in [0.15, 0.2) is 0 Å². The van der Waals surface area contributed by atoms with Crippen molar-refractivity contribution in [3.05, 3.63) is 23.9 Å². The van der Waals surface area contributed by atoms with Gasteiger partial charge in [-0.25, -0.2) is 4.98 Å². The summed E-state index contributed by atoms with van der Waals surface area (Å²) in [6, 6.07) is 3.41. The van der Waals surface area contributed by atoms with E-state index in [4.69, 9.17) is 9.47 Å². The van der Waals surface area contributed by atoms with E-state index in [1.807, 2.05) is 0 Å². The average molecular weight is 236 g/mol. The maximum absolute atomic E-state index is 11.9. The van der Waals surface area contributed by atoms with Gasteiger partial charge in [0.1, 0.15) is 5.56 Å². The van der Waals surface area contributed by atoms with Gasteiger partial charge in [-0.15, -0.1) is 0 Å². The lowest BCUT2D eigenvalue weighted by Gasteiger charge is -2.38. The van der Waals surface area contributed by atoms with Crippen molar-refractivity contribution in [3.63, 3.8) is 0 Å². The van der Waals surface area contributed by atoms with Crippen molar-refractivity contribution in [2.45, 2.75) is 6.92 Å². The van der Waals surface area contributed by atoms with Crippen LogP contribution in [0.3, 0.4) is 0 Å². The molecule has 1 aromatic heterocycles. The number of rotatable bonds is 4. The van der Waals surface area contributed by atoms with Crippen molar-refractivity contribution in [3.8, 4) is 5.88 Å². The molecule has 17 heavy (non-hydrogen) atoms. The summed E-state index contributed by atoms with van der Waals surface area (Å²) in [5, 5.41) is 2.88. The van der Waals surface area contributed by atoms with Gasteiger partial charge in [0.05, 0.1) is 20.3 Å². The summed E-state index contributed by atoms with van der Waals surface area (Å²) in [6.07, 6.45) is 1.59. The van der Waals surface area contributed by atoms with Crippen LogP contribution in [0.2, 0.25) is 0 Å². The van der Waals surface area contributed by atoms with Crippen molar-refractivity contribution in [1.82, 2.24) is 10.3 Å². The minimum atomic E-state index is -0.164. The van der Waals surface area contributed by atoms with Gasteiger partial charge in [0.2, 0.25) is 5.88 Å². The van der Waals surface area contributed by atoms with Crippen molar-refractivity contribution in [2.75, 3.05) is 26.9 Å². The van der Waals surface area contributed by atoms with Crippen molar-refractivity contribution < 1.29 is 14.3 Å². The minimum absolute atomic E-state index is 0.0606. The molecule has 1 N–H and O–H groups in total. The largest absolute Gasteiger partial charge is 0.480 e. The van der Waals surface area contributed by atoms with Crippen LogP contribution in [0.1, 0.15) is 17.3 Å². The lowest BCUT2D eigenvalue weighted by Crippen LogP contribution is -2.48. The molecule has 2 rings (SSSR count). The number of hydrogen-bond acceptors (Lipinski definition) is 4. The molecule has 0 atom stereocenters. The average Bonchev–Trinajstić information content (AvgIpc) is 2.33. The second-order valence-electron chi connectivity index (χ2n) is 4.55. The molecule has 5 nitrogen and oxygen atoms in total. The first-order valence-electron chi connectivity index (χ1n) is 5.50. The van der Waals surface area contributed by atoms with Gasteiger partial charge in [-0.3, -0.25) is 4.79 Å². The predicted octanol–water partition coefficient (Wildman–Crippen LogP) is 0.856. The highest BCUT2D eigenvalue weighted by Gasteiger charge is 2.33. The number of methoxy groups -OCH3 is 1. The molecule has 0 unspecified atom stereocenters. The molecule has 5 heteroatoms. The monoisotopic (exact) mass is 236 g/mol. The van der Waals surface area contributed by atoms with E-state index in [0.717, 1.165) is 0 Å². The molecule has 1 aliphatic rings. The Labute approximate surface area is 100 Å². The molecular formula is C12H16N2O3. The fraction of sp³-hybridized carbons (Fsp3) is 0.500. The molecular weight excluding hydrogens is 220 g/mol. The number of carbonyl (C=O) groups excluding carboxylic acids is 1. The SMILES string of the molecule is COc1ncccc1C(=O)NCC1(C)COC1. The number of pyridine rings is 1. The van der Waals surface area contributed by atoms with Gasteiger partial charge >= 0.3 is 0 Å². The quantitative estimate of drug-likeness (QED) is 0.842. The molecule has 0 aliphatic carbocycles. The van der Waals surface area contributed by atoms with Gasteiger partial charge in [0.25, 0.3) is 5.91 Å². The lowest BCUT2D eigenvalue weighted by molar-refractivity contribution is -0.0978. The van der Waals surface area contributed by atoms with Crippen LogP contribution in [-0.2, 0) is 4.74 Å². The Balaban J connectivity index is 1.99. The molecule has 1 amide bonds. The highest BCUT2D eigenvalue weighted by molar-refractivity contribution is 5.96. The lowest BCUT2D eigenvalue weighted by atomic mass is 9.89. The van der Waals surface area contributed by atoms with Gasteiger partial charge in [-0.05, 0) is 12.1 Å². The van der Waals surface area contributed by atoms with Crippen LogP contribution >= 0.6 is 0 Å². The Morgan fingerprint density at radius 2 is 2.41 bits per heavy atom. The predicted molar refractivity (Wildman–Crippen MR) is 62.0 cm³/mol. The first-order chi connectivity index (χ1) is 8.14. The zero-order chi connectivity index (χ0) is 12.3. The number of nitrogens with zero attached hydrogens (tertiary/aromatic N) is 1. The number of nitrogens with one attached hydrogen (secondary N) is 1. The summed E-state index contributed by atoms with van der Waals surface area (Å²) >= 11 is 0. The third kappa shape index (κ3) is 2.55. The third-order valence-corrected chi connectivity index (χ3v) is 2.79. The van der Waals surface area contributed by atoms with Crippen LogP contribution in [0.4, 0.5) is 0 Å². The number of ether oxygens (including phenoxy) is 2. The summed E-state index contributed by atoms with van der Waals surface area (Å²) in [4.78, 5) is 15.9. The van der Waals surface area contributed by atoms with E-state index < -0.39 is 0 Å². The number of carbonyl (C=O) groups is 1. The molecule has 0 radical (unpaired) electrons. The van der Waals surface area contributed by atoms with Crippen LogP contribution in [0, 0.1) is 5.41 Å². The molecule has 0 bridgehead atoms. The molecule has 1 saturated heterocycles. The zero-order valence-electron chi connectivity index (χ0n) is 10.0. The Morgan fingerprint density at radius 3 is 3.00 bits per heavy atom. The molecule has 92 valence electrons. The van der Waals surface area contributed by atoms with Gasteiger partial charge in [0, 0.05) is 18.2 Å². The second kappa shape index (κ2) is 4.71. The van der Waals surface area contributed by atoms with Gasteiger partial charge in [-0.1, -0.05) is 6.92 Å². The maximum Gasteiger partial charge on any atom is 0.256 e. The normalized spacial score (nSPS) is 17.1. The summed E-state index contributed by atoms with van der Waals surface area (Å²) in [5.41, 5.74) is 0.518. The van der Waals surface area contributed by atoms with Crippen LogP contribution in [0.25, 0.3) is 0 Å². The van der Waals surface area contributed by atoms with Crippen LogP contribution in [-0.4, -0.2) is 37.8 Å². The maximum atomic E-state index is 11.9.